The quantitative estimate of drug-likeness (QED) is 0.367. The van der Waals surface area contributed by atoms with Crippen LogP contribution in [-0.4, -0.2) is 7.11 Å². The molecule has 0 N–H and O–H groups in total. The third-order valence-corrected chi connectivity index (χ3v) is 5.25. The van der Waals surface area contributed by atoms with Gasteiger partial charge in [0.1, 0.15) is 11.3 Å². The van der Waals surface area contributed by atoms with Crippen molar-refractivity contribution in [2.45, 2.75) is 6.42 Å². The van der Waals surface area contributed by atoms with E-state index < -0.39 is 5.63 Å². The Hall–Kier alpha value is -2.75. The van der Waals surface area contributed by atoms with E-state index in [0.717, 1.165) is 22.1 Å². The predicted molar refractivity (Wildman–Crippen MR) is 114 cm³/mol. The first-order valence-electron chi connectivity index (χ1n) is 8.70. The van der Waals surface area contributed by atoms with Crippen LogP contribution in [0.25, 0.3) is 22.1 Å². The monoisotopic (exact) mass is 410 g/mol. The molecule has 0 spiro atoms. The summed E-state index contributed by atoms with van der Waals surface area (Å²) in [5.41, 5.74) is 3.14. The highest BCUT2D eigenvalue weighted by molar-refractivity contribution is 6.35. The summed E-state index contributed by atoms with van der Waals surface area (Å²) in [6.07, 6.45) is 0.467. The average molecular weight is 411 g/mol. The third-order valence-electron chi connectivity index (χ3n) is 4.67. The van der Waals surface area contributed by atoms with Gasteiger partial charge in [-0.2, -0.15) is 0 Å². The van der Waals surface area contributed by atoms with Crippen molar-refractivity contribution in [1.82, 2.24) is 0 Å². The lowest BCUT2D eigenvalue weighted by Crippen LogP contribution is -2.09. The van der Waals surface area contributed by atoms with Gasteiger partial charge in [-0.25, -0.2) is 4.79 Å². The van der Waals surface area contributed by atoms with Gasteiger partial charge in [-0.3, -0.25) is 0 Å². The summed E-state index contributed by atoms with van der Waals surface area (Å²) in [5, 5.41) is 1.96. The first-order valence-corrected chi connectivity index (χ1v) is 9.45. The highest BCUT2D eigenvalue weighted by Crippen LogP contribution is 2.33. The highest BCUT2D eigenvalue weighted by atomic mass is 35.5. The average Bonchev–Trinajstić information content (AvgIpc) is 2.70. The maximum absolute atomic E-state index is 12.9. The minimum Gasteiger partial charge on any atom is -0.497 e. The molecule has 1 heterocycles. The lowest BCUT2D eigenvalue weighted by atomic mass is 9.93. The van der Waals surface area contributed by atoms with Gasteiger partial charge in [0.05, 0.1) is 12.7 Å². The normalized spacial score (nSPS) is 11.0. The van der Waals surface area contributed by atoms with E-state index in [2.05, 4.69) is 0 Å². The summed E-state index contributed by atoms with van der Waals surface area (Å²) in [4.78, 5) is 12.9. The SMILES string of the molecule is COc1ccc2c(Cc3ccc(Cl)cc3Cl)c(-c3ccccc3)c(=O)oc2c1. The van der Waals surface area contributed by atoms with Gasteiger partial charge in [-0.15, -0.1) is 0 Å². The van der Waals surface area contributed by atoms with Crippen molar-refractivity contribution in [3.8, 4) is 16.9 Å². The van der Waals surface area contributed by atoms with Crippen LogP contribution in [0.4, 0.5) is 0 Å². The number of hydrogen-bond donors (Lipinski definition) is 0. The van der Waals surface area contributed by atoms with Crippen LogP contribution in [0.2, 0.25) is 10.0 Å². The van der Waals surface area contributed by atoms with Gasteiger partial charge in [0, 0.05) is 27.9 Å². The lowest BCUT2D eigenvalue weighted by Gasteiger charge is -2.14. The molecular formula is C23H16Cl2O3. The van der Waals surface area contributed by atoms with Crippen LogP contribution < -0.4 is 10.4 Å². The maximum atomic E-state index is 12.9. The first kappa shape index (κ1) is 18.6. The molecule has 0 aliphatic heterocycles. The van der Waals surface area contributed by atoms with Crippen LogP contribution in [0, 0.1) is 0 Å². The Morgan fingerprint density at radius 2 is 1.75 bits per heavy atom. The Bertz CT molecular complexity index is 1210. The minimum atomic E-state index is -0.396. The van der Waals surface area contributed by atoms with E-state index in [1.807, 2.05) is 48.5 Å². The number of rotatable bonds is 4. The number of benzene rings is 3. The molecule has 140 valence electrons. The van der Waals surface area contributed by atoms with Gasteiger partial charge >= 0.3 is 5.63 Å². The van der Waals surface area contributed by atoms with E-state index in [9.17, 15) is 4.79 Å². The van der Waals surface area contributed by atoms with Gasteiger partial charge in [0.2, 0.25) is 0 Å². The molecule has 0 fully saturated rings. The smallest absolute Gasteiger partial charge is 0.344 e. The molecule has 0 unspecified atom stereocenters. The van der Waals surface area contributed by atoms with Gasteiger partial charge in [0.15, 0.2) is 0 Å². The van der Waals surface area contributed by atoms with Gasteiger partial charge < -0.3 is 9.15 Å². The zero-order chi connectivity index (χ0) is 19.7. The molecule has 0 saturated heterocycles. The molecule has 28 heavy (non-hydrogen) atoms. The molecule has 1 aromatic heterocycles. The molecule has 0 amide bonds. The van der Waals surface area contributed by atoms with E-state index in [1.165, 1.54) is 0 Å². The zero-order valence-corrected chi connectivity index (χ0v) is 16.6. The Morgan fingerprint density at radius 1 is 0.964 bits per heavy atom. The van der Waals surface area contributed by atoms with Crippen LogP contribution in [0.3, 0.4) is 0 Å². The van der Waals surface area contributed by atoms with Crippen molar-refractivity contribution in [3.63, 3.8) is 0 Å². The van der Waals surface area contributed by atoms with Gasteiger partial charge in [0.25, 0.3) is 0 Å². The number of hydrogen-bond acceptors (Lipinski definition) is 3. The van der Waals surface area contributed by atoms with Crippen molar-refractivity contribution >= 4 is 34.2 Å². The molecule has 4 rings (SSSR count). The molecule has 0 radical (unpaired) electrons. The first-order chi connectivity index (χ1) is 13.6. The Labute approximate surface area is 172 Å². The second-order valence-corrected chi connectivity index (χ2v) is 7.23. The van der Waals surface area contributed by atoms with Crippen molar-refractivity contribution in [3.05, 3.63) is 98.3 Å². The van der Waals surface area contributed by atoms with E-state index in [0.29, 0.717) is 33.4 Å². The summed E-state index contributed by atoms with van der Waals surface area (Å²) in [6.45, 7) is 0. The number of halogens is 2. The number of methoxy groups -OCH3 is 1. The summed E-state index contributed by atoms with van der Waals surface area (Å²) >= 11 is 12.4. The largest absolute Gasteiger partial charge is 0.497 e. The summed E-state index contributed by atoms with van der Waals surface area (Å²) < 4.78 is 10.9. The molecule has 3 nitrogen and oxygen atoms in total. The summed E-state index contributed by atoms with van der Waals surface area (Å²) in [7, 11) is 1.58. The van der Waals surface area contributed by atoms with E-state index >= 15 is 0 Å². The van der Waals surface area contributed by atoms with E-state index in [1.54, 1.807) is 25.3 Å². The van der Waals surface area contributed by atoms with Gasteiger partial charge in [-0.05, 0) is 41.0 Å². The van der Waals surface area contributed by atoms with Crippen molar-refractivity contribution in [2.24, 2.45) is 0 Å². The van der Waals surface area contributed by atoms with E-state index in [4.69, 9.17) is 32.4 Å². The van der Waals surface area contributed by atoms with Crippen molar-refractivity contribution in [1.29, 1.82) is 0 Å². The van der Waals surface area contributed by atoms with Gasteiger partial charge in [-0.1, -0.05) is 59.6 Å². The van der Waals surface area contributed by atoms with Crippen LogP contribution in [0.1, 0.15) is 11.1 Å². The van der Waals surface area contributed by atoms with Crippen LogP contribution >= 0.6 is 23.2 Å². The number of fused-ring (bicyclic) bond motifs is 1. The topological polar surface area (TPSA) is 39.4 Å². The molecule has 0 atom stereocenters. The molecule has 3 aromatic carbocycles. The Kier molecular flexibility index (Phi) is 5.12. The second kappa shape index (κ2) is 7.70. The Balaban J connectivity index is 2.00. The summed E-state index contributed by atoms with van der Waals surface area (Å²) in [6, 6.07) is 20.3. The molecule has 0 saturated carbocycles. The molecule has 0 bridgehead atoms. The maximum Gasteiger partial charge on any atom is 0.344 e. The van der Waals surface area contributed by atoms with Crippen LogP contribution in [0.15, 0.2) is 75.9 Å². The highest BCUT2D eigenvalue weighted by Gasteiger charge is 2.18. The second-order valence-electron chi connectivity index (χ2n) is 6.38. The molecule has 0 aliphatic carbocycles. The summed E-state index contributed by atoms with van der Waals surface area (Å²) in [5.74, 6) is 0.624. The molecular weight excluding hydrogens is 395 g/mol. The number of ether oxygens (including phenoxy) is 1. The van der Waals surface area contributed by atoms with Crippen LogP contribution in [0.5, 0.6) is 5.75 Å². The fraction of sp³-hybridized carbons (Fsp3) is 0.0870. The van der Waals surface area contributed by atoms with Crippen LogP contribution in [-0.2, 0) is 6.42 Å². The zero-order valence-electron chi connectivity index (χ0n) is 15.0. The molecule has 4 aromatic rings. The molecule has 5 heteroatoms. The van der Waals surface area contributed by atoms with E-state index in [-0.39, 0.29) is 0 Å². The fourth-order valence-corrected chi connectivity index (χ4v) is 3.78. The fourth-order valence-electron chi connectivity index (χ4n) is 3.31. The predicted octanol–water partition coefficient (Wildman–Crippen LogP) is 6.37. The van der Waals surface area contributed by atoms with Crippen molar-refractivity contribution in [2.75, 3.05) is 7.11 Å². The van der Waals surface area contributed by atoms with Crippen molar-refractivity contribution < 1.29 is 9.15 Å². The lowest BCUT2D eigenvalue weighted by molar-refractivity contribution is 0.414. The molecule has 0 aliphatic rings. The standard InChI is InChI=1S/C23H16Cl2O3/c1-27-17-9-10-18-19(11-15-7-8-16(24)12-20(15)25)22(14-5-3-2-4-6-14)23(26)28-21(18)13-17/h2-10,12-13H,11H2,1H3. The third kappa shape index (κ3) is 3.51. The Morgan fingerprint density at radius 3 is 2.46 bits per heavy atom. The minimum absolute atomic E-state index is 0.396.